The van der Waals surface area contributed by atoms with E-state index in [9.17, 15) is 18.0 Å². The summed E-state index contributed by atoms with van der Waals surface area (Å²) in [5, 5.41) is 7.53. The van der Waals surface area contributed by atoms with Crippen LogP contribution in [-0.4, -0.2) is 45.9 Å². The number of alkyl halides is 3. The van der Waals surface area contributed by atoms with Gasteiger partial charge in [0.05, 0.1) is 5.69 Å². The SMILES string of the molecule is CC[C@@H]1C[C@H](C(F)(F)F)n2nc(C3CCN(C(=O)C4CC4)CC3)cc2N1. The maximum atomic E-state index is 13.5. The van der Waals surface area contributed by atoms with Crippen LogP contribution in [0.3, 0.4) is 0 Å². The Balaban J connectivity index is 1.49. The molecule has 0 unspecified atom stereocenters. The molecule has 2 atom stereocenters. The first-order chi connectivity index (χ1) is 12.4. The van der Waals surface area contributed by atoms with Gasteiger partial charge in [-0.1, -0.05) is 6.92 Å². The lowest BCUT2D eigenvalue weighted by Gasteiger charge is -2.32. The van der Waals surface area contributed by atoms with Crippen LogP contribution in [0.15, 0.2) is 6.07 Å². The lowest BCUT2D eigenvalue weighted by molar-refractivity contribution is -0.173. The van der Waals surface area contributed by atoms with Gasteiger partial charge in [0.25, 0.3) is 0 Å². The zero-order valence-electron chi connectivity index (χ0n) is 14.9. The van der Waals surface area contributed by atoms with Gasteiger partial charge in [0, 0.05) is 37.0 Å². The summed E-state index contributed by atoms with van der Waals surface area (Å²) in [6.45, 7) is 3.25. The molecule has 2 fully saturated rings. The zero-order chi connectivity index (χ0) is 18.5. The van der Waals surface area contributed by atoms with Gasteiger partial charge in [0.1, 0.15) is 5.82 Å². The van der Waals surface area contributed by atoms with Crippen LogP contribution in [0.2, 0.25) is 0 Å². The molecule has 3 aliphatic rings. The fourth-order valence-electron chi connectivity index (χ4n) is 4.12. The van der Waals surface area contributed by atoms with Crippen molar-refractivity contribution in [3.05, 3.63) is 11.8 Å². The van der Waals surface area contributed by atoms with E-state index in [2.05, 4.69) is 10.4 Å². The average Bonchev–Trinajstić information content (AvgIpc) is 3.38. The van der Waals surface area contributed by atoms with Crippen molar-refractivity contribution >= 4 is 11.7 Å². The maximum Gasteiger partial charge on any atom is 0.410 e. The quantitative estimate of drug-likeness (QED) is 0.883. The molecule has 3 heterocycles. The molecule has 1 aliphatic carbocycles. The molecular weight excluding hydrogens is 345 g/mol. The van der Waals surface area contributed by atoms with Crippen molar-refractivity contribution in [2.45, 2.75) is 69.6 Å². The molecule has 1 saturated heterocycles. The summed E-state index contributed by atoms with van der Waals surface area (Å²) < 4.78 is 41.5. The normalized spacial score (nSPS) is 27.2. The molecule has 1 N–H and O–H groups in total. The summed E-state index contributed by atoms with van der Waals surface area (Å²) >= 11 is 0. The number of carbonyl (C=O) groups excluding carboxylic acids is 1. The van der Waals surface area contributed by atoms with Gasteiger partial charge in [-0.2, -0.15) is 18.3 Å². The fourth-order valence-corrected chi connectivity index (χ4v) is 4.12. The van der Waals surface area contributed by atoms with Crippen molar-refractivity contribution in [1.29, 1.82) is 0 Å². The number of aromatic nitrogens is 2. The number of halogens is 3. The molecule has 26 heavy (non-hydrogen) atoms. The van der Waals surface area contributed by atoms with Crippen molar-refractivity contribution in [1.82, 2.24) is 14.7 Å². The van der Waals surface area contributed by atoms with Crippen molar-refractivity contribution in [2.24, 2.45) is 5.92 Å². The summed E-state index contributed by atoms with van der Waals surface area (Å²) in [6.07, 6.45) is -0.109. The standard InChI is InChI=1S/C18H25F3N4O/c1-2-13-9-15(18(19,20)21)25-16(22-13)10-14(23-25)11-5-7-24(8-6-11)17(26)12-3-4-12/h10-13,15,22H,2-9H2,1H3/t13-,15-/m1/s1. The number of hydrogen-bond donors (Lipinski definition) is 1. The summed E-state index contributed by atoms with van der Waals surface area (Å²) in [5.41, 5.74) is 0.719. The van der Waals surface area contributed by atoms with Crippen LogP contribution in [-0.2, 0) is 4.79 Å². The lowest BCUT2D eigenvalue weighted by Crippen LogP contribution is -2.39. The van der Waals surface area contributed by atoms with Crippen LogP contribution in [0.1, 0.15) is 63.1 Å². The van der Waals surface area contributed by atoms with E-state index < -0.39 is 12.2 Å². The molecule has 8 heteroatoms. The van der Waals surface area contributed by atoms with Crippen molar-refractivity contribution in [3.8, 4) is 0 Å². The Labute approximate surface area is 150 Å². The minimum atomic E-state index is -4.30. The highest BCUT2D eigenvalue weighted by Gasteiger charge is 2.46. The summed E-state index contributed by atoms with van der Waals surface area (Å²) in [4.78, 5) is 14.1. The predicted octanol–water partition coefficient (Wildman–Crippen LogP) is 3.70. The Kier molecular flexibility index (Phi) is 4.39. The molecule has 0 bridgehead atoms. The molecule has 2 aliphatic heterocycles. The number of anilines is 1. The average molecular weight is 370 g/mol. The van der Waals surface area contributed by atoms with Gasteiger partial charge in [-0.25, -0.2) is 4.68 Å². The van der Waals surface area contributed by atoms with Crippen LogP contribution in [0.25, 0.3) is 0 Å². The summed E-state index contributed by atoms with van der Waals surface area (Å²) in [6, 6.07) is 0.0366. The number of carbonyl (C=O) groups is 1. The van der Waals surface area contributed by atoms with Crippen molar-refractivity contribution in [2.75, 3.05) is 18.4 Å². The lowest BCUT2D eigenvalue weighted by atomic mass is 9.93. The number of likely N-dealkylation sites (tertiary alicyclic amines) is 1. The van der Waals surface area contributed by atoms with E-state index in [-0.39, 0.29) is 30.2 Å². The molecule has 4 rings (SSSR count). The van der Waals surface area contributed by atoms with E-state index in [4.69, 9.17) is 0 Å². The maximum absolute atomic E-state index is 13.5. The Morgan fingerprint density at radius 2 is 1.96 bits per heavy atom. The predicted molar refractivity (Wildman–Crippen MR) is 90.9 cm³/mol. The first-order valence-corrected chi connectivity index (χ1v) is 9.58. The van der Waals surface area contributed by atoms with Gasteiger partial charge in [-0.15, -0.1) is 0 Å². The van der Waals surface area contributed by atoms with Gasteiger partial charge in [0.2, 0.25) is 5.91 Å². The van der Waals surface area contributed by atoms with Crippen LogP contribution in [0.5, 0.6) is 0 Å². The highest BCUT2D eigenvalue weighted by Crippen LogP contribution is 2.41. The van der Waals surface area contributed by atoms with E-state index in [0.29, 0.717) is 25.3 Å². The fraction of sp³-hybridized carbons (Fsp3) is 0.778. The monoisotopic (exact) mass is 370 g/mol. The first kappa shape index (κ1) is 17.7. The van der Waals surface area contributed by atoms with Gasteiger partial charge in [-0.05, 0) is 38.5 Å². The van der Waals surface area contributed by atoms with Crippen LogP contribution < -0.4 is 5.32 Å². The van der Waals surface area contributed by atoms with Crippen LogP contribution in [0, 0.1) is 5.92 Å². The molecule has 5 nitrogen and oxygen atoms in total. The van der Waals surface area contributed by atoms with Crippen LogP contribution >= 0.6 is 0 Å². The summed E-state index contributed by atoms with van der Waals surface area (Å²) in [7, 11) is 0. The third kappa shape index (κ3) is 3.30. The highest BCUT2D eigenvalue weighted by atomic mass is 19.4. The summed E-state index contributed by atoms with van der Waals surface area (Å²) in [5.74, 6) is 1.05. The second-order valence-corrected chi connectivity index (χ2v) is 7.82. The number of nitrogens with one attached hydrogen (secondary N) is 1. The molecule has 1 saturated carbocycles. The molecule has 0 radical (unpaired) electrons. The van der Waals surface area contributed by atoms with Gasteiger partial charge >= 0.3 is 6.18 Å². The molecule has 0 aromatic carbocycles. The van der Waals surface area contributed by atoms with Gasteiger partial charge in [0.15, 0.2) is 6.04 Å². The van der Waals surface area contributed by atoms with E-state index >= 15 is 0 Å². The molecule has 0 spiro atoms. The third-order valence-corrected chi connectivity index (χ3v) is 5.93. The Bertz CT molecular complexity index is 674. The van der Waals surface area contributed by atoms with Crippen LogP contribution in [0.4, 0.5) is 19.0 Å². The first-order valence-electron chi connectivity index (χ1n) is 9.58. The number of piperidine rings is 1. The molecule has 1 aromatic rings. The Hall–Kier alpha value is -1.73. The minimum Gasteiger partial charge on any atom is -0.367 e. The topological polar surface area (TPSA) is 50.2 Å². The van der Waals surface area contributed by atoms with Crippen molar-refractivity contribution in [3.63, 3.8) is 0 Å². The zero-order valence-corrected chi connectivity index (χ0v) is 14.9. The molecule has 144 valence electrons. The Morgan fingerprint density at radius 3 is 2.54 bits per heavy atom. The largest absolute Gasteiger partial charge is 0.410 e. The highest BCUT2D eigenvalue weighted by molar-refractivity contribution is 5.81. The van der Waals surface area contributed by atoms with Gasteiger partial charge < -0.3 is 10.2 Å². The number of nitrogens with zero attached hydrogens (tertiary/aromatic N) is 3. The second-order valence-electron chi connectivity index (χ2n) is 7.82. The number of rotatable bonds is 3. The number of hydrogen-bond acceptors (Lipinski definition) is 3. The number of fused-ring (bicyclic) bond motifs is 1. The third-order valence-electron chi connectivity index (χ3n) is 5.93. The second kappa shape index (κ2) is 6.46. The molecule has 1 amide bonds. The van der Waals surface area contributed by atoms with E-state index in [0.717, 1.165) is 36.1 Å². The minimum absolute atomic E-state index is 0.0163. The van der Waals surface area contributed by atoms with E-state index in [1.807, 2.05) is 11.8 Å². The molecule has 1 aromatic heterocycles. The van der Waals surface area contributed by atoms with Crippen molar-refractivity contribution < 1.29 is 18.0 Å². The number of amides is 1. The van der Waals surface area contributed by atoms with E-state index in [1.165, 1.54) is 0 Å². The van der Waals surface area contributed by atoms with E-state index in [1.54, 1.807) is 6.07 Å². The Morgan fingerprint density at radius 1 is 1.27 bits per heavy atom. The molecular formula is C18H25F3N4O. The van der Waals surface area contributed by atoms with Gasteiger partial charge in [-0.3, -0.25) is 4.79 Å². The smallest absolute Gasteiger partial charge is 0.367 e.